The number of Topliss-reactive ketones (excluding diaryl/α,β-unsaturated/α-hetero) is 1. The van der Waals surface area contributed by atoms with Gasteiger partial charge in [-0.25, -0.2) is 22.6 Å². The Bertz CT molecular complexity index is 1340. The summed E-state index contributed by atoms with van der Waals surface area (Å²) >= 11 is 0. The molecule has 0 aliphatic rings. The number of carbonyl (C=O) groups is 3. The van der Waals surface area contributed by atoms with Crippen LogP contribution in [0, 0.1) is 5.82 Å². The molecule has 0 aliphatic heterocycles. The second-order valence-corrected chi connectivity index (χ2v) is 10.9. The molecule has 0 aliphatic carbocycles. The van der Waals surface area contributed by atoms with Crippen molar-refractivity contribution in [3.8, 4) is 0 Å². The van der Waals surface area contributed by atoms with E-state index in [4.69, 9.17) is 4.42 Å². The number of aromatic nitrogens is 1. The Morgan fingerprint density at radius 1 is 1.03 bits per heavy atom. The number of amides is 3. The summed E-state index contributed by atoms with van der Waals surface area (Å²) in [7, 11) is -1.06. The molecule has 0 fully saturated rings. The van der Waals surface area contributed by atoms with Gasteiger partial charge in [-0.3, -0.25) is 9.59 Å². The van der Waals surface area contributed by atoms with Crippen molar-refractivity contribution < 1.29 is 31.6 Å². The van der Waals surface area contributed by atoms with Crippen LogP contribution in [0.1, 0.15) is 36.0 Å². The lowest BCUT2D eigenvalue weighted by Crippen LogP contribution is -2.55. The van der Waals surface area contributed by atoms with Crippen LogP contribution >= 0.6 is 0 Å². The number of ketones is 1. The molecule has 198 valence electrons. The van der Waals surface area contributed by atoms with Gasteiger partial charge in [-0.15, -0.1) is 0 Å². The molecular formula is C25H29FN4O6S. The third-order valence-electron chi connectivity index (χ3n) is 5.46. The monoisotopic (exact) mass is 532 g/mol. The van der Waals surface area contributed by atoms with E-state index in [-0.39, 0.29) is 12.3 Å². The van der Waals surface area contributed by atoms with E-state index in [9.17, 15) is 27.2 Å². The molecule has 3 amide bonds. The quantitative estimate of drug-likeness (QED) is 0.362. The first-order valence-corrected chi connectivity index (χ1v) is 13.4. The largest absolute Gasteiger partial charge is 0.434 e. The molecule has 0 spiro atoms. The zero-order valence-electron chi connectivity index (χ0n) is 20.7. The molecule has 10 nitrogen and oxygen atoms in total. The molecule has 12 heteroatoms. The van der Waals surface area contributed by atoms with Crippen molar-refractivity contribution in [2.24, 2.45) is 0 Å². The van der Waals surface area contributed by atoms with Gasteiger partial charge >= 0.3 is 6.03 Å². The Hall–Kier alpha value is -3.80. The van der Waals surface area contributed by atoms with Crippen LogP contribution in [0.25, 0.3) is 11.1 Å². The van der Waals surface area contributed by atoms with Crippen LogP contribution < -0.4 is 10.6 Å². The number of fused-ring (bicyclic) bond motifs is 1. The number of nitrogens with zero attached hydrogens (tertiary/aromatic N) is 2. The van der Waals surface area contributed by atoms with E-state index in [0.29, 0.717) is 23.1 Å². The number of carbonyl (C=O) groups excluding carboxylic acids is 3. The van der Waals surface area contributed by atoms with Crippen molar-refractivity contribution in [1.82, 2.24) is 20.5 Å². The van der Waals surface area contributed by atoms with E-state index < -0.39 is 57.0 Å². The highest BCUT2D eigenvalue weighted by Crippen LogP contribution is 2.17. The molecule has 2 atom stereocenters. The second-order valence-electron chi connectivity index (χ2n) is 8.78. The van der Waals surface area contributed by atoms with Gasteiger partial charge in [0.2, 0.25) is 11.7 Å². The van der Waals surface area contributed by atoms with Crippen LogP contribution in [0.2, 0.25) is 0 Å². The number of nitrogens with one attached hydrogen (secondary N) is 2. The van der Waals surface area contributed by atoms with Crippen molar-refractivity contribution in [2.75, 3.05) is 19.8 Å². The van der Waals surface area contributed by atoms with Gasteiger partial charge in [-0.05, 0) is 36.2 Å². The highest BCUT2D eigenvalue weighted by molar-refractivity contribution is 7.90. The predicted octanol–water partition coefficient (Wildman–Crippen LogP) is 2.69. The van der Waals surface area contributed by atoms with E-state index in [1.54, 1.807) is 24.3 Å². The number of hydrogen-bond donors (Lipinski definition) is 2. The lowest BCUT2D eigenvalue weighted by atomic mass is 10.1. The molecule has 3 aromatic rings. The van der Waals surface area contributed by atoms with Crippen LogP contribution in [-0.4, -0.2) is 68.0 Å². The smallest absolute Gasteiger partial charge is 0.317 e. The first-order chi connectivity index (χ1) is 17.5. The fraction of sp³-hybridized carbons (Fsp3) is 0.360. The van der Waals surface area contributed by atoms with Crippen molar-refractivity contribution in [3.63, 3.8) is 0 Å². The van der Waals surface area contributed by atoms with Crippen LogP contribution in [0.4, 0.5) is 9.18 Å². The van der Waals surface area contributed by atoms with Crippen molar-refractivity contribution in [2.45, 2.75) is 37.6 Å². The molecule has 3 rings (SSSR count). The zero-order chi connectivity index (χ0) is 27.2. The summed E-state index contributed by atoms with van der Waals surface area (Å²) in [6, 6.07) is 8.52. The standard InChI is InChI=1S/C25H29FN4O6S/c1-4-7-19(22(31)24-28-18-8-5-6-9-21(18)36-24)27-23(32)20(29-25(33)30(2)3)15-37(34,35)14-16-10-12-17(26)13-11-16/h5-6,8-13,19-20H,4,7,14-15H2,1-3H3,(H,27,32)(H,29,33)/t19-,20-/m0/s1. The third kappa shape index (κ3) is 7.59. The number of sulfone groups is 1. The molecule has 37 heavy (non-hydrogen) atoms. The third-order valence-corrected chi connectivity index (χ3v) is 7.07. The Kier molecular flexibility index (Phi) is 8.98. The maximum atomic E-state index is 13.2. The summed E-state index contributed by atoms with van der Waals surface area (Å²) in [6.07, 6.45) is 0.758. The molecule has 0 unspecified atom stereocenters. The first-order valence-electron chi connectivity index (χ1n) is 11.6. The van der Waals surface area contributed by atoms with Crippen LogP contribution in [-0.2, 0) is 20.4 Å². The van der Waals surface area contributed by atoms with E-state index in [2.05, 4.69) is 15.6 Å². The molecule has 2 N–H and O–H groups in total. The molecule has 0 saturated heterocycles. The number of urea groups is 1. The average Bonchev–Trinajstić information content (AvgIpc) is 3.28. The van der Waals surface area contributed by atoms with Crippen molar-refractivity contribution in [3.05, 3.63) is 65.8 Å². The van der Waals surface area contributed by atoms with Gasteiger partial charge < -0.3 is 20.0 Å². The lowest BCUT2D eigenvalue weighted by molar-refractivity contribution is -0.123. The molecule has 0 bridgehead atoms. The van der Waals surface area contributed by atoms with Crippen molar-refractivity contribution in [1.29, 1.82) is 0 Å². The summed E-state index contributed by atoms with van der Waals surface area (Å²) in [4.78, 5) is 44.0. The molecular weight excluding hydrogens is 503 g/mol. The summed E-state index contributed by atoms with van der Waals surface area (Å²) in [6.45, 7) is 1.82. The van der Waals surface area contributed by atoms with Crippen molar-refractivity contribution >= 4 is 38.7 Å². The maximum Gasteiger partial charge on any atom is 0.317 e. The SMILES string of the molecule is CCC[C@H](NC(=O)[C@H](CS(=O)(=O)Cc1ccc(F)cc1)NC(=O)N(C)C)C(=O)c1nc2ccccc2o1. The lowest BCUT2D eigenvalue weighted by Gasteiger charge is -2.23. The highest BCUT2D eigenvalue weighted by Gasteiger charge is 2.32. The van der Waals surface area contributed by atoms with Gasteiger partial charge in [0.25, 0.3) is 5.89 Å². The molecule has 1 heterocycles. The second kappa shape index (κ2) is 12.0. The van der Waals surface area contributed by atoms with Gasteiger partial charge in [-0.1, -0.05) is 37.6 Å². The van der Waals surface area contributed by atoms with E-state index in [1.807, 2.05) is 6.92 Å². The van der Waals surface area contributed by atoms with E-state index in [1.165, 1.54) is 26.2 Å². The van der Waals surface area contributed by atoms with Gasteiger partial charge in [0, 0.05) is 14.1 Å². The van der Waals surface area contributed by atoms with Crippen LogP contribution in [0.15, 0.2) is 52.9 Å². The zero-order valence-corrected chi connectivity index (χ0v) is 21.5. The minimum absolute atomic E-state index is 0.183. The average molecular weight is 533 g/mol. The Morgan fingerprint density at radius 2 is 1.70 bits per heavy atom. The topological polar surface area (TPSA) is 139 Å². The molecule has 1 aromatic heterocycles. The number of oxazole rings is 1. The van der Waals surface area contributed by atoms with Gasteiger partial charge in [0.05, 0.1) is 17.5 Å². The van der Waals surface area contributed by atoms with Gasteiger partial charge in [-0.2, -0.15) is 0 Å². The minimum atomic E-state index is -3.93. The molecule has 2 aromatic carbocycles. The predicted molar refractivity (Wildman–Crippen MR) is 135 cm³/mol. The van der Waals surface area contributed by atoms with Crippen LogP contribution in [0.5, 0.6) is 0 Å². The number of para-hydroxylation sites is 2. The normalized spacial score (nSPS) is 13.1. The van der Waals surface area contributed by atoms with Gasteiger partial charge in [0.15, 0.2) is 15.4 Å². The Balaban J connectivity index is 1.81. The van der Waals surface area contributed by atoms with Gasteiger partial charge in [0.1, 0.15) is 17.4 Å². The Labute approximate surface area is 214 Å². The number of halogens is 1. The first kappa shape index (κ1) is 27.8. The number of benzene rings is 2. The Morgan fingerprint density at radius 3 is 2.32 bits per heavy atom. The summed E-state index contributed by atoms with van der Waals surface area (Å²) < 4.78 is 44.5. The van der Waals surface area contributed by atoms with E-state index in [0.717, 1.165) is 17.0 Å². The summed E-state index contributed by atoms with van der Waals surface area (Å²) in [5.74, 6) is -3.31. The van der Waals surface area contributed by atoms with E-state index >= 15 is 0 Å². The number of hydrogen-bond acceptors (Lipinski definition) is 7. The maximum absolute atomic E-state index is 13.2. The molecule has 0 saturated carbocycles. The fourth-order valence-electron chi connectivity index (χ4n) is 3.56. The molecule has 0 radical (unpaired) electrons. The van der Waals surface area contributed by atoms with Crippen LogP contribution in [0.3, 0.4) is 0 Å². The minimum Gasteiger partial charge on any atom is -0.434 e. The summed E-state index contributed by atoms with van der Waals surface area (Å²) in [5, 5.41) is 4.96. The fourth-order valence-corrected chi connectivity index (χ4v) is 5.13. The summed E-state index contributed by atoms with van der Waals surface area (Å²) in [5.41, 5.74) is 1.22. The number of rotatable bonds is 11. The highest BCUT2D eigenvalue weighted by atomic mass is 32.2.